The number of methoxy groups -OCH3 is 1. The van der Waals surface area contributed by atoms with E-state index in [1.54, 1.807) is 20.1 Å². The highest BCUT2D eigenvalue weighted by Gasteiger charge is 2.21. The van der Waals surface area contributed by atoms with Crippen LogP contribution in [0, 0.1) is 0 Å². The summed E-state index contributed by atoms with van der Waals surface area (Å²) in [5.74, 6) is 0.783. The molecule has 0 saturated heterocycles. The molecule has 0 bridgehead atoms. The van der Waals surface area contributed by atoms with Gasteiger partial charge in [0, 0.05) is 0 Å². The third kappa shape index (κ3) is 3.18. The quantitative estimate of drug-likeness (QED) is 0.818. The maximum atomic E-state index is 11.2. The van der Waals surface area contributed by atoms with Crippen molar-refractivity contribution >= 4 is 5.78 Å². The molecule has 0 saturated carbocycles. The molecule has 0 spiro atoms. The van der Waals surface area contributed by atoms with Crippen LogP contribution >= 0.6 is 0 Å². The number of benzene rings is 1. The maximum Gasteiger partial charge on any atom is 0.184 e. The average Bonchev–Trinajstić information content (AvgIpc) is 2.41. The van der Waals surface area contributed by atoms with E-state index in [2.05, 4.69) is 0 Å². The molecule has 0 unspecified atom stereocenters. The Morgan fingerprint density at radius 2 is 2.00 bits per heavy atom. The second-order valence-electron chi connectivity index (χ2n) is 4.07. The van der Waals surface area contributed by atoms with E-state index in [0.29, 0.717) is 6.61 Å². The van der Waals surface area contributed by atoms with Gasteiger partial charge in [0.25, 0.3) is 0 Å². The van der Waals surface area contributed by atoms with Crippen molar-refractivity contribution in [3.05, 3.63) is 42.0 Å². The Morgan fingerprint density at radius 3 is 2.61 bits per heavy atom. The molecule has 2 atom stereocenters. The third-order valence-electron chi connectivity index (χ3n) is 2.73. The minimum Gasteiger partial charge on any atom is -0.497 e. The minimum absolute atomic E-state index is 0.0284. The van der Waals surface area contributed by atoms with Crippen LogP contribution in [0.2, 0.25) is 0 Å². The largest absolute Gasteiger partial charge is 0.497 e. The van der Waals surface area contributed by atoms with E-state index in [0.717, 1.165) is 11.3 Å². The molecule has 1 aromatic rings. The lowest BCUT2D eigenvalue weighted by atomic mass is 10.2. The standard InChI is InChI=1S/C14H16O4/c1-10-13(15)7-8-14(18-10)17-9-11-3-5-12(16-2)6-4-11/h3-8,10,14H,9H2,1-2H3/t10-,14+/m0/s1. The van der Waals surface area contributed by atoms with E-state index in [4.69, 9.17) is 14.2 Å². The first-order chi connectivity index (χ1) is 8.69. The second kappa shape index (κ2) is 5.80. The summed E-state index contributed by atoms with van der Waals surface area (Å²) in [6.45, 7) is 2.15. The number of hydrogen-bond donors (Lipinski definition) is 0. The number of ketones is 1. The molecule has 2 rings (SSSR count). The lowest BCUT2D eigenvalue weighted by molar-refractivity contribution is -0.163. The van der Waals surface area contributed by atoms with Crippen LogP contribution in [0.5, 0.6) is 5.75 Å². The summed E-state index contributed by atoms with van der Waals surface area (Å²) in [5.41, 5.74) is 1.03. The van der Waals surface area contributed by atoms with Crippen LogP contribution < -0.4 is 4.74 Å². The Hall–Kier alpha value is -1.65. The van der Waals surface area contributed by atoms with Gasteiger partial charge < -0.3 is 14.2 Å². The van der Waals surface area contributed by atoms with Crippen molar-refractivity contribution in [2.24, 2.45) is 0 Å². The monoisotopic (exact) mass is 248 g/mol. The Bertz CT molecular complexity index is 436. The number of carbonyl (C=O) groups excluding carboxylic acids is 1. The third-order valence-corrected chi connectivity index (χ3v) is 2.73. The smallest absolute Gasteiger partial charge is 0.184 e. The van der Waals surface area contributed by atoms with Crippen molar-refractivity contribution in [3.8, 4) is 5.75 Å². The average molecular weight is 248 g/mol. The second-order valence-corrected chi connectivity index (χ2v) is 4.07. The molecule has 1 aliphatic heterocycles. The summed E-state index contributed by atoms with van der Waals surface area (Å²) in [6.07, 6.45) is 2.24. The van der Waals surface area contributed by atoms with Crippen molar-refractivity contribution in [1.29, 1.82) is 0 Å². The van der Waals surface area contributed by atoms with Gasteiger partial charge in [0.05, 0.1) is 13.7 Å². The molecule has 0 aliphatic carbocycles. The van der Waals surface area contributed by atoms with E-state index in [1.165, 1.54) is 6.08 Å². The van der Waals surface area contributed by atoms with Gasteiger partial charge in [-0.05, 0) is 36.8 Å². The van der Waals surface area contributed by atoms with Crippen molar-refractivity contribution in [3.63, 3.8) is 0 Å². The summed E-state index contributed by atoms with van der Waals surface area (Å²) in [6, 6.07) is 7.62. The number of ether oxygens (including phenoxy) is 3. The summed E-state index contributed by atoms with van der Waals surface area (Å²) in [5, 5.41) is 0. The van der Waals surface area contributed by atoms with Gasteiger partial charge in [-0.3, -0.25) is 4.79 Å². The molecule has 0 N–H and O–H groups in total. The Kier molecular flexibility index (Phi) is 4.12. The van der Waals surface area contributed by atoms with Crippen LogP contribution in [0.3, 0.4) is 0 Å². The van der Waals surface area contributed by atoms with Gasteiger partial charge in [0.15, 0.2) is 12.1 Å². The number of rotatable bonds is 4. The highest BCUT2D eigenvalue weighted by Crippen LogP contribution is 2.15. The molecule has 4 heteroatoms. The Labute approximate surface area is 106 Å². The van der Waals surface area contributed by atoms with Gasteiger partial charge in [0.2, 0.25) is 0 Å². The molecular weight excluding hydrogens is 232 g/mol. The zero-order valence-corrected chi connectivity index (χ0v) is 10.5. The topological polar surface area (TPSA) is 44.8 Å². The fraction of sp³-hybridized carbons (Fsp3) is 0.357. The molecule has 0 amide bonds. The van der Waals surface area contributed by atoms with E-state index >= 15 is 0 Å². The zero-order chi connectivity index (χ0) is 13.0. The number of hydrogen-bond acceptors (Lipinski definition) is 4. The van der Waals surface area contributed by atoms with Crippen LogP contribution in [0.15, 0.2) is 36.4 Å². The molecular formula is C14H16O4. The zero-order valence-electron chi connectivity index (χ0n) is 10.5. The minimum atomic E-state index is -0.459. The summed E-state index contributed by atoms with van der Waals surface area (Å²) in [7, 11) is 1.63. The first-order valence-electron chi connectivity index (χ1n) is 5.81. The fourth-order valence-electron chi connectivity index (χ4n) is 1.62. The van der Waals surface area contributed by atoms with Crippen LogP contribution in [-0.4, -0.2) is 25.3 Å². The first-order valence-corrected chi connectivity index (χ1v) is 5.81. The van der Waals surface area contributed by atoms with Crippen molar-refractivity contribution in [2.45, 2.75) is 25.9 Å². The van der Waals surface area contributed by atoms with Crippen molar-refractivity contribution < 1.29 is 19.0 Å². The SMILES string of the molecule is COc1ccc(CO[C@H]2C=CC(=O)[C@H](C)O2)cc1. The maximum absolute atomic E-state index is 11.2. The molecule has 1 aromatic carbocycles. The molecule has 1 heterocycles. The van der Waals surface area contributed by atoms with Crippen molar-refractivity contribution in [1.82, 2.24) is 0 Å². The molecule has 1 aliphatic rings. The Morgan fingerprint density at radius 1 is 1.28 bits per heavy atom. The predicted octanol–water partition coefficient (Wildman–Crippen LogP) is 2.08. The van der Waals surface area contributed by atoms with Gasteiger partial charge in [-0.1, -0.05) is 12.1 Å². The van der Waals surface area contributed by atoms with E-state index in [9.17, 15) is 4.79 Å². The molecule has 0 fully saturated rings. The van der Waals surface area contributed by atoms with Gasteiger partial charge in [-0.15, -0.1) is 0 Å². The molecule has 4 nitrogen and oxygen atoms in total. The van der Waals surface area contributed by atoms with Gasteiger partial charge >= 0.3 is 0 Å². The highest BCUT2D eigenvalue weighted by molar-refractivity contribution is 5.93. The lowest BCUT2D eigenvalue weighted by Crippen LogP contribution is -2.30. The predicted molar refractivity (Wildman–Crippen MR) is 66.3 cm³/mol. The summed E-state index contributed by atoms with van der Waals surface area (Å²) in [4.78, 5) is 11.2. The molecule has 0 radical (unpaired) electrons. The van der Waals surface area contributed by atoms with Gasteiger partial charge in [-0.2, -0.15) is 0 Å². The summed E-state index contributed by atoms with van der Waals surface area (Å²) >= 11 is 0. The number of carbonyl (C=O) groups is 1. The van der Waals surface area contributed by atoms with Crippen LogP contribution in [0.1, 0.15) is 12.5 Å². The van der Waals surface area contributed by atoms with E-state index in [-0.39, 0.29) is 5.78 Å². The van der Waals surface area contributed by atoms with E-state index in [1.807, 2.05) is 24.3 Å². The normalized spacial score (nSPS) is 23.1. The molecule has 96 valence electrons. The van der Waals surface area contributed by atoms with Crippen molar-refractivity contribution in [2.75, 3.05) is 7.11 Å². The van der Waals surface area contributed by atoms with E-state index < -0.39 is 12.4 Å². The summed E-state index contributed by atoms with van der Waals surface area (Å²) < 4.78 is 16.0. The van der Waals surface area contributed by atoms with Crippen LogP contribution in [0.25, 0.3) is 0 Å². The van der Waals surface area contributed by atoms with Crippen LogP contribution in [-0.2, 0) is 20.9 Å². The lowest BCUT2D eigenvalue weighted by Gasteiger charge is -2.22. The highest BCUT2D eigenvalue weighted by atomic mass is 16.7. The first kappa shape index (κ1) is 12.8. The molecule has 18 heavy (non-hydrogen) atoms. The van der Waals surface area contributed by atoms with Crippen LogP contribution in [0.4, 0.5) is 0 Å². The Balaban J connectivity index is 1.87. The van der Waals surface area contributed by atoms with Gasteiger partial charge in [-0.25, -0.2) is 0 Å². The fourth-order valence-corrected chi connectivity index (χ4v) is 1.62. The van der Waals surface area contributed by atoms with Gasteiger partial charge in [0.1, 0.15) is 11.9 Å². The molecule has 0 aromatic heterocycles.